The molecule has 3 aromatic rings. The number of morpholine rings is 1. The van der Waals surface area contributed by atoms with Crippen molar-refractivity contribution in [3.63, 3.8) is 0 Å². The standard InChI is InChI=1S/C27H27ClN4O3/c1-2-3-13-35-25-10-9-20(17-24(25)28)26-22(19-32(30-26)23-7-5-4-6-8-23)16-21(18-29)27(33)31-11-14-34-15-12-31/h4-10,16-17,19H,2-3,11-15H2,1H3/b21-16-. The second-order valence-electron chi connectivity index (χ2n) is 8.13. The molecule has 1 fully saturated rings. The first-order valence-corrected chi connectivity index (χ1v) is 12.0. The summed E-state index contributed by atoms with van der Waals surface area (Å²) in [5.74, 6) is 0.301. The van der Waals surface area contributed by atoms with Crippen LogP contribution in [0.15, 0.2) is 60.3 Å². The van der Waals surface area contributed by atoms with E-state index in [1.54, 1.807) is 21.7 Å². The number of carbonyl (C=O) groups excluding carboxylic acids is 1. The van der Waals surface area contributed by atoms with E-state index in [-0.39, 0.29) is 11.5 Å². The maximum absolute atomic E-state index is 13.0. The molecule has 8 heteroatoms. The van der Waals surface area contributed by atoms with Gasteiger partial charge in [0, 0.05) is 30.4 Å². The van der Waals surface area contributed by atoms with Crippen LogP contribution in [0.25, 0.3) is 23.0 Å². The van der Waals surface area contributed by atoms with Crippen molar-refractivity contribution in [2.75, 3.05) is 32.9 Å². The van der Waals surface area contributed by atoms with Gasteiger partial charge in [-0.15, -0.1) is 0 Å². The summed E-state index contributed by atoms with van der Waals surface area (Å²) in [5, 5.41) is 15.0. The minimum Gasteiger partial charge on any atom is -0.492 e. The van der Waals surface area contributed by atoms with Crippen molar-refractivity contribution in [2.45, 2.75) is 19.8 Å². The van der Waals surface area contributed by atoms with Crippen LogP contribution in [-0.4, -0.2) is 53.5 Å². The van der Waals surface area contributed by atoms with E-state index in [4.69, 9.17) is 26.2 Å². The number of unbranched alkanes of at least 4 members (excludes halogenated alkanes) is 1. The molecule has 2 heterocycles. The first-order chi connectivity index (χ1) is 17.1. The third-order valence-corrected chi connectivity index (χ3v) is 5.97. The Morgan fingerprint density at radius 3 is 2.69 bits per heavy atom. The molecule has 4 rings (SSSR count). The Morgan fingerprint density at radius 1 is 1.23 bits per heavy atom. The quantitative estimate of drug-likeness (QED) is 0.248. The number of amides is 1. The second-order valence-corrected chi connectivity index (χ2v) is 8.54. The zero-order valence-electron chi connectivity index (χ0n) is 19.6. The topological polar surface area (TPSA) is 80.4 Å². The van der Waals surface area contributed by atoms with Crippen LogP contribution < -0.4 is 4.74 Å². The van der Waals surface area contributed by atoms with Gasteiger partial charge in [-0.05, 0) is 42.8 Å². The molecule has 2 aromatic carbocycles. The van der Waals surface area contributed by atoms with Crippen LogP contribution in [0.4, 0.5) is 0 Å². The van der Waals surface area contributed by atoms with Crippen molar-refractivity contribution >= 4 is 23.6 Å². The fraction of sp³-hybridized carbons (Fsp3) is 0.296. The first kappa shape index (κ1) is 24.5. The Morgan fingerprint density at radius 2 is 2.00 bits per heavy atom. The lowest BCUT2D eigenvalue weighted by Gasteiger charge is -2.26. The number of benzene rings is 2. The summed E-state index contributed by atoms with van der Waals surface area (Å²) in [6.07, 6.45) is 5.39. The zero-order valence-corrected chi connectivity index (χ0v) is 20.4. The highest BCUT2D eigenvalue weighted by Crippen LogP contribution is 2.33. The highest BCUT2D eigenvalue weighted by molar-refractivity contribution is 6.32. The Kier molecular flexibility index (Phi) is 8.19. The molecule has 35 heavy (non-hydrogen) atoms. The van der Waals surface area contributed by atoms with Gasteiger partial charge in [0.2, 0.25) is 0 Å². The third kappa shape index (κ3) is 5.91. The van der Waals surface area contributed by atoms with Gasteiger partial charge in [0.1, 0.15) is 23.1 Å². The van der Waals surface area contributed by atoms with E-state index in [1.807, 2.05) is 48.7 Å². The van der Waals surface area contributed by atoms with E-state index >= 15 is 0 Å². The fourth-order valence-electron chi connectivity index (χ4n) is 3.76. The summed E-state index contributed by atoms with van der Waals surface area (Å²) in [7, 11) is 0. The SMILES string of the molecule is CCCCOc1ccc(-c2nn(-c3ccccc3)cc2/C=C(/C#N)C(=O)N2CCOCC2)cc1Cl. The summed E-state index contributed by atoms with van der Waals surface area (Å²) in [4.78, 5) is 14.6. The van der Waals surface area contributed by atoms with Gasteiger partial charge in [0.05, 0.1) is 30.5 Å². The van der Waals surface area contributed by atoms with Gasteiger partial charge in [-0.2, -0.15) is 10.4 Å². The molecule has 1 aliphatic heterocycles. The van der Waals surface area contributed by atoms with E-state index in [1.165, 1.54) is 0 Å². The molecule has 0 bridgehead atoms. The van der Waals surface area contributed by atoms with Crippen molar-refractivity contribution in [2.24, 2.45) is 0 Å². The van der Waals surface area contributed by atoms with Crippen molar-refractivity contribution in [3.8, 4) is 28.8 Å². The van der Waals surface area contributed by atoms with E-state index in [9.17, 15) is 10.1 Å². The van der Waals surface area contributed by atoms with Crippen molar-refractivity contribution in [3.05, 3.63) is 70.9 Å². The predicted molar refractivity (Wildman–Crippen MR) is 135 cm³/mol. The number of hydrogen-bond acceptors (Lipinski definition) is 5. The number of nitrogens with zero attached hydrogens (tertiary/aromatic N) is 4. The van der Waals surface area contributed by atoms with Gasteiger partial charge in [-0.3, -0.25) is 4.79 Å². The van der Waals surface area contributed by atoms with Gasteiger partial charge in [-0.25, -0.2) is 4.68 Å². The summed E-state index contributed by atoms with van der Waals surface area (Å²) < 4.78 is 12.8. The molecule has 1 amide bonds. The summed E-state index contributed by atoms with van der Waals surface area (Å²) in [6.45, 7) is 4.55. The molecule has 1 saturated heterocycles. The Hall–Kier alpha value is -3.60. The van der Waals surface area contributed by atoms with Crippen molar-refractivity contribution in [1.29, 1.82) is 5.26 Å². The molecule has 1 aliphatic rings. The first-order valence-electron chi connectivity index (χ1n) is 11.7. The van der Waals surface area contributed by atoms with Crippen LogP contribution >= 0.6 is 11.6 Å². The Balaban J connectivity index is 1.73. The van der Waals surface area contributed by atoms with Crippen molar-refractivity contribution < 1.29 is 14.3 Å². The van der Waals surface area contributed by atoms with Gasteiger partial charge < -0.3 is 14.4 Å². The van der Waals surface area contributed by atoms with Crippen LogP contribution in [0.2, 0.25) is 5.02 Å². The monoisotopic (exact) mass is 490 g/mol. The highest BCUT2D eigenvalue weighted by Gasteiger charge is 2.22. The Labute approximate surface area is 210 Å². The average Bonchev–Trinajstić information content (AvgIpc) is 3.33. The molecule has 0 spiro atoms. The summed E-state index contributed by atoms with van der Waals surface area (Å²) in [5.41, 5.74) is 2.92. The number of aromatic nitrogens is 2. The van der Waals surface area contributed by atoms with E-state index in [0.717, 1.165) is 24.1 Å². The summed E-state index contributed by atoms with van der Waals surface area (Å²) in [6, 6.07) is 17.2. The predicted octanol–water partition coefficient (Wildman–Crippen LogP) is 5.14. The molecule has 0 atom stereocenters. The summed E-state index contributed by atoms with van der Waals surface area (Å²) >= 11 is 6.52. The van der Waals surface area contributed by atoms with E-state index in [2.05, 4.69) is 13.0 Å². The minimum atomic E-state index is -0.313. The van der Waals surface area contributed by atoms with Gasteiger partial charge >= 0.3 is 0 Å². The molecular formula is C27H27ClN4O3. The molecule has 0 N–H and O–H groups in total. The Bertz CT molecular complexity index is 1240. The number of carbonyl (C=O) groups is 1. The maximum Gasteiger partial charge on any atom is 0.264 e. The third-order valence-electron chi connectivity index (χ3n) is 5.67. The average molecular weight is 491 g/mol. The second kappa shape index (κ2) is 11.7. The molecular weight excluding hydrogens is 464 g/mol. The molecule has 7 nitrogen and oxygen atoms in total. The van der Waals surface area contributed by atoms with Crippen LogP contribution in [0.3, 0.4) is 0 Å². The van der Waals surface area contributed by atoms with Crippen LogP contribution in [0.1, 0.15) is 25.3 Å². The number of halogens is 1. The lowest BCUT2D eigenvalue weighted by molar-refractivity contribution is -0.130. The maximum atomic E-state index is 13.0. The lowest BCUT2D eigenvalue weighted by atomic mass is 10.1. The van der Waals surface area contributed by atoms with Gasteiger partial charge in [0.15, 0.2) is 0 Å². The van der Waals surface area contributed by atoms with Crippen LogP contribution in [0.5, 0.6) is 5.75 Å². The lowest BCUT2D eigenvalue weighted by Crippen LogP contribution is -2.41. The normalized spacial score (nSPS) is 14.0. The molecule has 0 unspecified atom stereocenters. The number of hydrogen-bond donors (Lipinski definition) is 0. The smallest absolute Gasteiger partial charge is 0.264 e. The number of ether oxygens (including phenoxy) is 2. The van der Waals surface area contributed by atoms with Crippen molar-refractivity contribution in [1.82, 2.24) is 14.7 Å². The highest BCUT2D eigenvalue weighted by atomic mass is 35.5. The van der Waals surface area contributed by atoms with E-state index < -0.39 is 0 Å². The number of para-hydroxylation sites is 1. The number of rotatable bonds is 8. The molecule has 1 aromatic heterocycles. The van der Waals surface area contributed by atoms with Crippen LogP contribution in [0, 0.1) is 11.3 Å². The minimum absolute atomic E-state index is 0.0476. The number of nitriles is 1. The molecule has 0 radical (unpaired) electrons. The zero-order chi connectivity index (χ0) is 24.6. The molecule has 0 aliphatic carbocycles. The van der Waals surface area contributed by atoms with Crippen LogP contribution in [-0.2, 0) is 9.53 Å². The fourth-order valence-corrected chi connectivity index (χ4v) is 3.99. The molecule has 0 saturated carbocycles. The van der Waals surface area contributed by atoms with E-state index in [0.29, 0.717) is 54.9 Å². The van der Waals surface area contributed by atoms with Gasteiger partial charge in [-0.1, -0.05) is 43.1 Å². The molecule has 180 valence electrons. The largest absolute Gasteiger partial charge is 0.492 e. The van der Waals surface area contributed by atoms with Gasteiger partial charge in [0.25, 0.3) is 5.91 Å².